The van der Waals surface area contributed by atoms with E-state index in [1.807, 2.05) is 27.7 Å². The fourth-order valence-electron chi connectivity index (χ4n) is 3.27. The number of amides is 1. The lowest BCUT2D eigenvalue weighted by Gasteiger charge is -2.37. The number of esters is 1. The zero-order valence-electron chi connectivity index (χ0n) is 18.3. The molecule has 0 atom stereocenters. The lowest BCUT2D eigenvalue weighted by molar-refractivity contribution is -0.136. The van der Waals surface area contributed by atoms with Gasteiger partial charge >= 0.3 is 18.0 Å². The summed E-state index contributed by atoms with van der Waals surface area (Å²) >= 11 is 0. The molecule has 0 spiro atoms. The number of anilines is 1. The third-order valence-corrected chi connectivity index (χ3v) is 4.77. The zero-order valence-corrected chi connectivity index (χ0v) is 18.3. The smallest absolute Gasteiger partial charge is 0.410 e. The molecule has 0 aliphatic carbocycles. The third kappa shape index (κ3) is 6.35. The van der Waals surface area contributed by atoms with Crippen molar-refractivity contribution in [2.45, 2.75) is 39.8 Å². The summed E-state index contributed by atoms with van der Waals surface area (Å²) in [6.45, 7) is 9.77. The van der Waals surface area contributed by atoms with Crippen LogP contribution in [-0.4, -0.2) is 73.5 Å². The number of carboxylic acid groups (broad SMARTS) is 1. The number of carbonyl (C=O) groups is 3. The van der Waals surface area contributed by atoms with Gasteiger partial charge in [-0.15, -0.1) is 0 Å². The minimum absolute atomic E-state index is 0.175. The van der Waals surface area contributed by atoms with Gasteiger partial charge in [0.15, 0.2) is 0 Å². The highest BCUT2D eigenvalue weighted by atomic mass is 16.6. The second kappa shape index (κ2) is 9.80. The molecule has 2 rings (SSSR count). The van der Waals surface area contributed by atoms with E-state index in [0.717, 1.165) is 16.8 Å². The summed E-state index contributed by atoms with van der Waals surface area (Å²) in [7, 11) is 1.32. The number of aliphatic carboxylic acids is 1. The molecule has 2 N–H and O–H groups in total. The predicted molar refractivity (Wildman–Crippen MR) is 112 cm³/mol. The van der Waals surface area contributed by atoms with Crippen molar-refractivity contribution in [1.29, 1.82) is 0 Å². The van der Waals surface area contributed by atoms with Gasteiger partial charge in [0.25, 0.3) is 0 Å². The number of rotatable bonds is 6. The number of carboxylic acids is 1. The van der Waals surface area contributed by atoms with E-state index in [1.165, 1.54) is 7.11 Å². The van der Waals surface area contributed by atoms with Crippen molar-refractivity contribution < 1.29 is 29.0 Å². The fraction of sp³-hybridized carbons (Fsp3) is 0.571. The first-order valence-electron chi connectivity index (χ1n) is 9.89. The van der Waals surface area contributed by atoms with Crippen LogP contribution in [-0.2, 0) is 20.8 Å². The minimum atomic E-state index is -0.949. The van der Waals surface area contributed by atoms with E-state index >= 15 is 0 Å². The minimum Gasteiger partial charge on any atom is -0.480 e. The van der Waals surface area contributed by atoms with Crippen LogP contribution in [0.4, 0.5) is 10.5 Å². The van der Waals surface area contributed by atoms with Crippen LogP contribution in [0, 0.1) is 6.92 Å². The van der Waals surface area contributed by atoms with E-state index in [0.29, 0.717) is 38.3 Å². The number of nitrogens with one attached hydrogen (secondary N) is 1. The molecule has 1 aliphatic heterocycles. The zero-order chi connectivity index (χ0) is 22.5. The van der Waals surface area contributed by atoms with Crippen LogP contribution in [0.3, 0.4) is 0 Å². The summed E-state index contributed by atoms with van der Waals surface area (Å²) in [6.07, 6.45) is -0.333. The molecule has 30 heavy (non-hydrogen) atoms. The molecule has 9 heteroatoms. The van der Waals surface area contributed by atoms with Gasteiger partial charge in [-0.25, -0.2) is 9.59 Å². The summed E-state index contributed by atoms with van der Waals surface area (Å²) in [5.74, 6) is -1.40. The van der Waals surface area contributed by atoms with Gasteiger partial charge in [0, 0.05) is 38.4 Å². The second-order valence-corrected chi connectivity index (χ2v) is 8.22. The van der Waals surface area contributed by atoms with E-state index in [-0.39, 0.29) is 12.6 Å². The molecule has 0 saturated carbocycles. The van der Waals surface area contributed by atoms with E-state index in [2.05, 4.69) is 10.2 Å². The Morgan fingerprint density at radius 3 is 2.30 bits per heavy atom. The molecular formula is C21H31N3O6. The standard InChI is InChI=1S/C21H31N3O6/c1-14-16(12-22-13-18(25)26)10-15(19(27)29-5)11-17(14)23-6-8-24(9-7-23)20(28)30-21(2,3)4/h10-11,22H,6-9,12-13H2,1-5H3,(H,25,26). The fourth-order valence-corrected chi connectivity index (χ4v) is 3.27. The summed E-state index contributed by atoms with van der Waals surface area (Å²) in [5.41, 5.74) is 2.50. The van der Waals surface area contributed by atoms with Crippen molar-refractivity contribution in [3.05, 3.63) is 28.8 Å². The van der Waals surface area contributed by atoms with Crippen molar-refractivity contribution >= 4 is 23.7 Å². The summed E-state index contributed by atoms with van der Waals surface area (Å²) < 4.78 is 10.3. The predicted octanol–water partition coefficient (Wildman–Crippen LogP) is 2.01. The number of hydrogen-bond acceptors (Lipinski definition) is 7. The number of hydrogen-bond donors (Lipinski definition) is 2. The molecule has 9 nitrogen and oxygen atoms in total. The molecule has 1 aromatic carbocycles. The quantitative estimate of drug-likeness (QED) is 0.672. The van der Waals surface area contributed by atoms with Crippen LogP contribution < -0.4 is 10.2 Å². The van der Waals surface area contributed by atoms with Crippen LogP contribution in [0.2, 0.25) is 0 Å². The van der Waals surface area contributed by atoms with Gasteiger partial charge < -0.3 is 29.7 Å². The molecule has 0 aromatic heterocycles. The van der Waals surface area contributed by atoms with Gasteiger partial charge in [-0.2, -0.15) is 0 Å². The number of piperazine rings is 1. The van der Waals surface area contributed by atoms with Crippen LogP contribution >= 0.6 is 0 Å². The number of benzene rings is 1. The van der Waals surface area contributed by atoms with Crippen molar-refractivity contribution in [3.8, 4) is 0 Å². The van der Waals surface area contributed by atoms with Crippen molar-refractivity contribution in [2.75, 3.05) is 44.7 Å². The Morgan fingerprint density at radius 2 is 1.77 bits per heavy atom. The van der Waals surface area contributed by atoms with Gasteiger partial charge in [0.2, 0.25) is 0 Å². The molecule has 0 unspecified atom stereocenters. The van der Waals surface area contributed by atoms with E-state index in [9.17, 15) is 14.4 Å². The Hall–Kier alpha value is -2.81. The topological polar surface area (TPSA) is 108 Å². The summed E-state index contributed by atoms with van der Waals surface area (Å²) in [5, 5.41) is 11.7. The average molecular weight is 421 g/mol. The molecule has 1 aromatic rings. The second-order valence-electron chi connectivity index (χ2n) is 8.22. The Bertz CT molecular complexity index is 795. The number of ether oxygens (including phenoxy) is 2. The highest BCUT2D eigenvalue weighted by Gasteiger charge is 2.27. The summed E-state index contributed by atoms with van der Waals surface area (Å²) in [6, 6.07) is 3.50. The largest absolute Gasteiger partial charge is 0.480 e. The SMILES string of the molecule is COC(=O)c1cc(CNCC(=O)O)c(C)c(N2CCN(C(=O)OC(C)(C)C)CC2)c1. The van der Waals surface area contributed by atoms with Crippen molar-refractivity contribution in [2.24, 2.45) is 0 Å². The molecule has 0 radical (unpaired) electrons. The first-order valence-corrected chi connectivity index (χ1v) is 9.89. The summed E-state index contributed by atoms with van der Waals surface area (Å²) in [4.78, 5) is 39.0. The van der Waals surface area contributed by atoms with Gasteiger partial charge in [0.1, 0.15) is 5.60 Å². The monoisotopic (exact) mass is 421 g/mol. The lowest BCUT2D eigenvalue weighted by atomic mass is 10.0. The number of nitrogens with zero attached hydrogens (tertiary/aromatic N) is 2. The number of methoxy groups -OCH3 is 1. The van der Waals surface area contributed by atoms with Crippen LogP contribution in [0.5, 0.6) is 0 Å². The Balaban J connectivity index is 2.18. The average Bonchev–Trinajstić information content (AvgIpc) is 2.67. The molecule has 1 saturated heterocycles. The molecule has 1 heterocycles. The third-order valence-electron chi connectivity index (χ3n) is 4.77. The van der Waals surface area contributed by atoms with Crippen LogP contribution in [0.15, 0.2) is 12.1 Å². The van der Waals surface area contributed by atoms with E-state index in [1.54, 1.807) is 17.0 Å². The first kappa shape index (κ1) is 23.5. The maximum Gasteiger partial charge on any atom is 0.410 e. The Labute approximate surface area is 176 Å². The van der Waals surface area contributed by atoms with Crippen molar-refractivity contribution in [3.63, 3.8) is 0 Å². The van der Waals surface area contributed by atoms with Gasteiger partial charge in [-0.3, -0.25) is 4.79 Å². The van der Waals surface area contributed by atoms with Crippen LogP contribution in [0.1, 0.15) is 42.3 Å². The Kier molecular flexibility index (Phi) is 7.66. The van der Waals surface area contributed by atoms with Gasteiger partial charge in [-0.1, -0.05) is 0 Å². The first-order chi connectivity index (χ1) is 14.0. The molecule has 1 amide bonds. The normalized spacial score (nSPS) is 14.4. The number of carbonyl (C=O) groups excluding carboxylic acids is 2. The maximum absolute atomic E-state index is 12.3. The van der Waals surface area contributed by atoms with Crippen molar-refractivity contribution in [1.82, 2.24) is 10.2 Å². The highest BCUT2D eigenvalue weighted by Crippen LogP contribution is 2.27. The molecule has 1 aliphatic rings. The molecular weight excluding hydrogens is 390 g/mol. The molecule has 166 valence electrons. The van der Waals surface area contributed by atoms with E-state index < -0.39 is 17.5 Å². The maximum atomic E-state index is 12.3. The highest BCUT2D eigenvalue weighted by molar-refractivity contribution is 5.91. The lowest BCUT2D eigenvalue weighted by Crippen LogP contribution is -2.50. The van der Waals surface area contributed by atoms with E-state index in [4.69, 9.17) is 14.6 Å². The molecule has 0 bridgehead atoms. The van der Waals surface area contributed by atoms with Gasteiger partial charge in [-0.05, 0) is 51.0 Å². The molecule has 1 fully saturated rings. The Morgan fingerprint density at radius 1 is 1.13 bits per heavy atom. The van der Waals surface area contributed by atoms with Gasteiger partial charge in [0.05, 0.1) is 19.2 Å². The van der Waals surface area contributed by atoms with Crippen LogP contribution in [0.25, 0.3) is 0 Å².